The van der Waals surface area contributed by atoms with E-state index in [0.29, 0.717) is 10.3 Å². The van der Waals surface area contributed by atoms with E-state index in [1.54, 1.807) is 24.5 Å². The summed E-state index contributed by atoms with van der Waals surface area (Å²) in [6, 6.07) is 14.5. The number of benzene rings is 3. The molecule has 1 heterocycles. The standard InChI is InChI=1S/C25H20F2N2O4S3.HI/c1-15(30)33-14-20-18-10-11-29(36(31,32)17-6-4-3-5-7-17)23(18)13-22(27)24(20)35-16-8-9-21(26)19(12-16)25(28)34-2;/h3-13,28H,14H2,1-2H3;1H. The van der Waals surface area contributed by atoms with E-state index < -0.39 is 27.6 Å². The lowest BCUT2D eigenvalue weighted by Gasteiger charge is -2.15. The first-order valence-corrected chi connectivity index (χ1v) is 14.0. The van der Waals surface area contributed by atoms with Gasteiger partial charge in [-0.1, -0.05) is 30.0 Å². The maximum Gasteiger partial charge on any atom is 0.302 e. The van der Waals surface area contributed by atoms with E-state index in [4.69, 9.17) is 10.1 Å². The number of carbonyl (C=O) groups excluding carboxylic acids is 1. The molecule has 4 aromatic rings. The lowest BCUT2D eigenvalue weighted by molar-refractivity contribution is -0.142. The fraction of sp³-hybridized carbons (Fsp3) is 0.120. The van der Waals surface area contributed by atoms with E-state index in [0.717, 1.165) is 33.6 Å². The average molecular weight is 675 g/mol. The number of esters is 1. The van der Waals surface area contributed by atoms with Gasteiger partial charge < -0.3 is 4.74 Å². The maximum absolute atomic E-state index is 15.6. The summed E-state index contributed by atoms with van der Waals surface area (Å²) in [5.74, 6) is -1.89. The van der Waals surface area contributed by atoms with Gasteiger partial charge in [-0.25, -0.2) is 21.2 Å². The first-order chi connectivity index (χ1) is 17.1. The molecule has 1 N–H and O–H groups in total. The quantitative estimate of drug-likeness (QED) is 0.102. The molecule has 0 radical (unpaired) electrons. The summed E-state index contributed by atoms with van der Waals surface area (Å²) in [4.78, 5) is 12.2. The van der Waals surface area contributed by atoms with Crippen molar-refractivity contribution in [3.05, 3.63) is 89.6 Å². The number of ether oxygens (including phenoxy) is 1. The van der Waals surface area contributed by atoms with Crippen LogP contribution >= 0.6 is 47.5 Å². The Morgan fingerprint density at radius 1 is 1.05 bits per heavy atom. The highest BCUT2D eigenvalue weighted by Crippen LogP contribution is 2.39. The molecule has 0 unspecified atom stereocenters. The number of aromatic nitrogens is 1. The van der Waals surface area contributed by atoms with E-state index in [2.05, 4.69) is 0 Å². The third kappa shape index (κ3) is 6.02. The van der Waals surface area contributed by atoms with Gasteiger partial charge in [-0.3, -0.25) is 10.2 Å². The largest absolute Gasteiger partial charge is 0.461 e. The highest BCUT2D eigenvalue weighted by Gasteiger charge is 2.24. The summed E-state index contributed by atoms with van der Waals surface area (Å²) < 4.78 is 62.4. The molecule has 3 aromatic carbocycles. The van der Waals surface area contributed by atoms with Crippen molar-refractivity contribution in [2.24, 2.45) is 0 Å². The average Bonchev–Trinajstić information content (AvgIpc) is 3.29. The fourth-order valence-corrected chi connectivity index (χ4v) is 6.32. The number of rotatable bonds is 7. The Morgan fingerprint density at radius 2 is 1.76 bits per heavy atom. The second-order valence-electron chi connectivity index (χ2n) is 7.59. The first kappa shape index (κ1) is 29.1. The van der Waals surface area contributed by atoms with Crippen molar-refractivity contribution in [3.63, 3.8) is 0 Å². The Kier molecular flexibility index (Phi) is 9.42. The van der Waals surface area contributed by atoms with Crippen molar-refractivity contribution in [2.75, 3.05) is 6.26 Å². The van der Waals surface area contributed by atoms with Gasteiger partial charge in [0.15, 0.2) is 0 Å². The summed E-state index contributed by atoms with van der Waals surface area (Å²) in [6.45, 7) is 0.921. The molecule has 0 aliphatic carbocycles. The monoisotopic (exact) mass is 674 g/mol. The zero-order valence-corrected chi connectivity index (χ0v) is 24.3. The predicted molar refractivity (Wildman–Crippen MR) is 153 cm³/mol. The Morgan fingerprint density at radius 3 is 2.41 bits per heavy atom. The van der Waals surface area contributed by atoms with Crippen molar-refractivity contribution in [2.45, 2.75) is 28.2 Å². The van der Waals surface area contributed by atoms with Crippen LogP contribution in [0.3, 0.4) is 0 Å². The van der Waals surface area contributed by atoms with Gasteiger partial charge in [0.05, 0.1) is 20.4 Å². The number of hydrogen-bond acceptors (Lipinski definition) is 7. The molecule has 0 amide bonds. The van der Waals surface area contributed by atoms with E-state index in [9.17, 15) is 17.6 Å². The highest BCUT2D eigenvalue weighted by atomic mass is 127. The first-order valence-electron chi connectivity index (χ1n) is 10.5. The zero-order chi connectivity index (χ0) is 26.0. The Hall–Kier alpha value is -2.42. The van der Waals surface area contributed by atoms with E-state index in [-0.39, 0.29) is 62.1 Å². The molecule has 4 rings (SSSR count). The summed E-state index contributed by atoms with van der Waals surface area (Å²) >= 11 is 2.05. The summed E-state index contributed by atoms with van der Waals surface area (Å²) in [5.41, 5.74) is 0.445. The zero-order valence-electron chi connectivity index (χ0n) is 19.5. The normalized spacial score (nSPS) is 11.2. The van der Waals surface area contributed by atoms with Gasteiger partial charge in [-0.15, -0.1) is 35.7 Å². The Balaban J connectivity index is 0.00000380. The number of fused-ring (bicyclic) bond motifs is 1. The van der Waals surface area contributed by atoms with E-state index >= 15 is 4.39 Å². The Labute approximate surface area is 238 Å². The number of thioether (sulfide) groups is 1. The summed E-state index contributed by atoms with van der Waals surface area (Å²) in [7, 11) is -4.01. The molecule has 0 bridgehead atoms. The molecular formula is C25H21F2IN2O4S3. The number of nitrogens with one attached hydrogen (secondary N) is 1. The molecule has 0 saturated heterocycles. The van der Waals surface area contributed by atoms with Crippen molar-refractivity contribution in [1.29, 1.82) is 5.41 Å². The maximum atomic E-state index is 15.6. The van der Waals surface area contributed by atoms with Gasteiger partial charge in [0, 0.05) is 40.6 Å². The van der Waals surface area contributed by atoms with Crippen LogP contribution in [0, 0.1) is 17.0 Å². The van der Waals surface area contributed by atoms with Crippen molar-refractivity contribution in [1.82, 2.24) is 3.97 Å². The van der Waals surface area contributed by atoms with E-state index in [1.165, 1.54) is 49.5 Å². The van der Waals surface area contributed by atoms with Crippen molar-refractivity contribution < 1.29 is 26.7 Å². The fourth-order valence-electron chi connectivity index (χ4n) is 3.59. The summed E-state index contributed by atoms with van der Waals surface area (Å²) in [5, 5.41) is 8.37. The molecule has 0 fully saturated rings. The number of halogens is 3. The minimum atomic E-state index is -4.01. The van der Waals surface area contributed by atoms with Crippen LogP contribution in [0.5, 0.6) is 0 Å². The van der Waals surface area contributed by atoms with E-state index in [1.807, 2.05) is 0 Å². The third-order valence-corrected chi connectivity index (χ3v) is 8.76. The highest BCUT2D eigenvalue weighted by molar-refractivity contribution is 14.0. The molecule has 1 aromatic heterocycles. The Bertz CT molecular complexity index is 1590. The minimum absolute atomic E-state index is 0. The third-order valence-electron chi connectivity index (χ3n) is 5.30. The van der Waals surface area contributed by atoms with Crippen LogP contribution in [0.1, 0.15) is 18.1 Å². The smallest absolute Gasteiger partial charge is 0.302 e. The molecule has 0 spiro atoms. The predicted octanol–water partition coefficient (Wildman–Crippen LogP) is 6.68. The van der Waals surface area contributed by atoms with Crippen molar-refractivity contribution >= 4 is 79.4 Å². The van der Waals surface area contributed by atoms with Gasteiger partial charge in [0.1, 0.15) is 18.2 Å². The van der Waals surface area contributed by atoms with Crippen LogP contribution in [0.15, 0.2) is 81.5 Å². The molecule has 0 aliphatic heterocycles. The van der Waals surface area contributed by atoms with Crippen LogP contribution in [0.25, 0.3) is 10.9 Å². The number of nitrogens with zero attached hydrogens (tertiary/aromatic N) is 1. The van der Waals surface area contributed by atoms with Gasteiger partial charge in [0.2, 0.25) is 0 Å². The number of hydrogen-bond donors (Lipinski definition) is 1. The topological polar surface area (TPSA) is 89.2 Å². The van der Waals surface area contributed by atoms with Crippen LogP contribution < -0.4 is 0 Å². The summed E-state index contributed by atoms with van der Waals surface area (Å²) in [6.07, 6.45) is 2.98. The molecule has 194 valence electrons. The van der Waals surface area contributed by atoms with Crippen LogP contribution in [-0.2, 0) is 26.2 Å². The molecule has 0 atom stereocenters. The molecule has 0 aliphatic rings. The lowest BCUT2D eigenvalue weighted by Crippen LogP contribution is -2.12. The molecule has 0 saturated carbocycles. The second kappa shape index (κ2) is 12.0. The SMILES string of the molecule is CSC(=N)c1cc(Sc2c(F)cc3c(ccn3S(=O)(=O)c3ccccc3)c2COC(C)=O)ccc1F.I. The minimum Gasteiger partial charge on any atom is -0.461 e. The molecule has 12 heteroatoms. The molecular weight excluding hydrogens is 653 g/mol. The van der Waals surface area contributed by atoms with Gasteiger partial charge >= 0.3 is 5.97 Å². The number of carbonyl (C=O) groups is 1. The van der Waals surface area contributed by atoms with Crippen LogP contribution in [0.2, 0.25) is 0 Å². The van der Waals surface area contributed by atoms with Gasteiger partial charge in [-0.05, 0) is 42.7 Å². The van der Waals surface area contributed by atoms with Gasteiger partial charge in [0.25, 0.3) is 10.0 Å². The second-order valence-corrected chi connectivity index (χ2v) is 11.3. The van der Waals surface area contributed by atoms with Gasteiger partial charge in [-0.2, -0.15) is 0 Å². The van der Waals surface area contributed by atoms with Crippen molar-refractivity contribution in [3.8, 4) is 0 Å². The molecule has 6 nitrogen and oxygen atoms in total. The van der Waals surface area contributed by atoms with Crippen LogP contribution in [-0.4, -0.2) is 29.7 Å². The molecule has 37 heavy (non-hydrogen) atoms. The lowest BCUT2D eigenvalue weighted by atomic mass is 10.1. The van der Waals surface area contributed by atoms with Crippen LogP contribution in [0.4, 0.5) is 8.78 Å².